The smallest absolute Gasteiger partial charge is 0.220 e. The fraction of sp³-hybridized carbons (Fsp3) is 0.941. The van der Waals surface area contributed by atoms with Crippen LogP contribution >= 0.6 is 0 Å². The van der Waals surface area contributed by atoms with Crippen molar-refractivity contribution in [2.45, 2.75) is 76.8 Å². The lowest BCUT2D eigenvalue weighted by molar-refractivity contribution is -0.122. The van der Waals surface area contributed by atoms with Gasteiger partial charge in [-0.3, -0.25) is 4.79 Å². The third-order valence-electron chi connectivity index (χ3n) is 5.30. The molecule has 21 heavy (non-hydrogen) atoms. The number of carbonyl (C=O) groups is 1. The van der Waals surface area contributed by atoms with Gasteiger partial charge < -0.3 is 16.0 Å². The summed E-state index contributed by atoms with van der Waals surface area (Å²) >= 11 is 0. The molecule has 3 N–H and O–H groups in total. The minimum absolute atomic E-state index is 0.198. The number of nitrogens with one attached hydrogen (secondary N) is 1. The summed E-state index contributed by atoms with van der Waals surface area (Å²) in [5.41, 5.74) is 6.11. The first-order chi connectivity index (χ1) is 10.2. The first kappa shape index (κ1) is 16.8. The molecule has 4 heteroatoms. The van der Waals surface area contributed by atoms with E-state index in [1.165, 1.54) is 38.6 Å². The van der Waals surface area contributed by atoms with Crippen molar-refractivity contribution in [1.29, 1.82) is 0 Å². The summed E-state index contributed by atoms with van der Waals surface area (Å²) in [7, 11) is 0. The average Bonchev–Trinajstić information content (AvgIpc) is 2.48. The third kappa shape index (κ3) is 5.59. The fourth-order valence-electron chi connectivity index (χ4n) is 3.80. The second kappa shape index (κ2) is 8.74. The lowest BCUT2D eigenvalue weighted by Gasteiger charge is -2.33. The van der Waals surface area contributed by atoms with E-state index in [2.05, 4.69) is 17.1 Å². The Morgan fingerprint density at radius 1 is 1.19 bits per heavy atom. The molecule has 0 spiro atoms. The molecule has 4 nitrogen and oxygen atoms in total. The maximum Gasteiger partial charge on any atom is 0.220 e. The number of nitrogens with two attached hydrogens (primary N) is 1. The Kier molecular flexibility index (Phi) is 6.97. The van der Waals surface area contributed by atoms with E-state index in [1.807, 2.05) is 0 Å². The Morgan fingerprint density at radius 3 is 2.71 bits per heavy atom. The summed E-state index contributed by atoms with van der Waals surface area (Å²) < 4.78 is 0. The molecule has 2 rings (SSSR count). The number of hydrogen-bond donors (Lipinski definition) is 2. The first-order valence-corrected chi connectivity index (χ1v) is 8.93. The van der Waals surface area contributed by atoms with Crippen molar-refractivity contribution in [2.75, 3.05) is 19.6 Å². The lowest BCUT2D eigenvalue weighted by atomic mass is 9.83. The van der Waals surface area contributed by atoms with Crippen LogP contribution in [-0.2, 0) is 4.79 Å². The van der Waals surface area contributed by atoms with Gasteiger partial charge >= 0.3 is 0 Å². The number of carbonyl (C=O) groups excluding carboxylic acids is 1. The van der Waals surface area contributed by atoms with Gasteiger partial charge in [0, 0.05) is 31.6 Å². The molecule has 2 aliphatic rings. The summed E-state index contributed by atoms with van der Waals surface area (Å²) in [6.45, 7) is 5.47. The Balaban J connectivity index is 1.56. The Hall–Kier alpha value is -0.610. The van der Waals surface area contributed by atoms with Crippen molar-refractivity contribution in [3.05, 3.63) is 0 Å². The highest BCUT2D eigenvalue weighted by Crippen LogP contribution is 2.25. The predicted molar refractivity (Wildman–Crippen MR) is 87.1 cm³/mol. The van der Waals surface area contributed by atoms with Crippen molar-refractivity contribution in [1.82, 2.24) is 10.2 Å². The molecular formula is C17H33N3O. The highest BCUT2D eigenvalue weighted by atomic mass is 16.1. The molecular weight excluding hydrogens is 262 g/mol. The fourth-order valence-corrected chi connectivity index (χ4v) is 3.80. The maximum absolute atomic E-state index is 12.0. The van der Waals surface area contributed by atoms with Crippen LogP contribution in [0, 0.1) is 5.92 Å². The number of hydrogen-bond acceptors (Lipinski definition) is 3. The summed E-state index contributed by atoms with van der Waals surface area (Å²) in [6.07, 6.45) is 10.4. The zero-order valence-electron chi connectivity index (χ0n) is 13.7. The molecule has 0 bridgehead atoms. The van der Waals surface area contributed by atoms with E-state index in [0.717, 1.165) is 38.4 Å². The van der Waals surface area contributed by atoms with Crippen LogP contribution in [0.25, 0.3) is 0 Å². The Labute approximate surface area is 129 Å². The van der Waals surface area contributed by atoms with Crippen molar-refractivity contribution in [3.8, 4) is 0 Å². The second-order valence-electron chi connectivity index (χ2n) is 7.00. The first-order valence-electron chi connectivity index (χ1n) is 8.93. The van der Waals surface area contributed by atoms with E-state index in [0.29, 0.717) is 12.3 Å². The van der Waals surface area contributed by atoms with Gasteiger partial charge in [0.2, 0.25) is 5.91 Å². The van der Waals surface area contributed by atoms with Crippen LogP contribution in [0.3, 0.4) is 0 Å². The van der Waals surface area contributed by atoms with Crippen LogP contribution in [0.15, 0.2) is 0 Å². The Bertz CT molecular complexity index is 321. The second-order valence-corrected chi connectivity index (χ2v) is 7.00. The van der Waals surface area contributed by atoms with Crippen LogP contribution in [-0.4, -0.2) is 42.5 Å². The summed E-state index contributed by atoms with van der Waals surface area (Å²) in [5, 5.41) is 3.08. The van der Waals surface area contributed by atoms with E-state index in [9.17, 15) is 4.79 Å². The number of amides is 1. The van der Waals surface area contributed by atoms with Gasteiger partial charge in [0.25, 0.3) is 0 Å². The van der Waals surface area contributed by atoms with E-state index in [1.54, 1.807) is 0 Å². The van der Waals surface area contributed by atoms with E-state index in [4.69, 9.17) is 5.73 Å². The zero-order chi connectivity index (χ0) is 15.1. The van der Waals surface area contributed by atoms with E-state index >= 15 is 0 Å². The van der Waals surface area contributed by atoms with Crippen LogP contribution in [0.2, 0.25) is 0 Å². The summed E-state index contributed by atoms with van der Waals surface area (Å²) in [6, 6.07) is 0.952. The van der Waals surface area contributed by atoms with Crippen LogP contribution in [0.5, 0.6) is 0 Å². The van der Waals surface area contributed by atoms with Crippen LogP contribution in [0.4, 0.5) is 0 Å². The van der Waals surface area contributed by atoms with Crippen LogP contribution in [0.1, 0.15) is 64.7 Å². The molecule has 1 aliphatic carbocycles. The standard InChI is InChI=1S/C17H33N3O/c1-14-7-4-5-11-20(14)12-6-10-19-17(21)13-15-8-2-3-9-16(15)18/h14-16H,2-13,18H2,1H3,(H,19,21). The molecule has 1 aliphatic heterocycles. The molecule has 0 aromatic heterocycles. The minimum atomic E-state index is 0.198. The van der Waals surface area contributed by atoms with Gasteiger partial charge in [-0.1, -0.05) is 19.3 Å². The molecule has 1 saturated carbocycles. The largest absolute Gasteiger partial charge is 0.356 e. The van der Waals surface area contributed by atoms with Crippen molar-refractivity contribution < 1.29 is 4.79 Å². The van der Waals surface area contributed by atoms with Crippen molar-refractivity contribution in [2.24, 2.45) is 11.7 Å². The van der Waals surface area contributed by atoms with E-state index in [-0.39, 0.29) is 11.9 Å². The SMILES string of the molecule is CC1CCCCN1CCCNC(=O)CC1CCCCC1N. The van der Waals surface area contributed by atoms with Gasteiger partial charge in [0.15, 0.2) is 0 Å². The minimum Gasteiger partial charge on any atom is -0.356 e. The molecule has 0 aromatic carbocycles. The molecule has 1 saturated heterocycles. The quantitative estimate of drug-likeness (QED) is 0.739. The number of nitrogens with zero attached hydrogens (tertiary/aromatic N) is 1. The molecule has 2 fully saturated rings. The monoisotopic (exact) mass is 295 g/mol. The van der Waals surface area contributed by atoms with Crippen molar-refractivity contribution in [3.63, 3.8) is 0 Å². The van der Waals surface area contributed by atoms with Gasteiger partial charge in [0.1, 0.15) is 0 Å². The van der Waals surface area contributed by atoms with Gasteiger partial charge in [-0.2, -0.15) is 0 Å². The zero-order valence-corrected chi connectivity index (χ0v) is 13.7. The normalized spacial score (nSPS) is 31.0. The molecule has 0 radical (unpaired) electrons. The summed E-state index contributed by atoms with van der Waals surface area (Å²) in [5.74, 6) is 0.602. The molecule has 1 heterocycles. The maximum atomic E-state index is 12.0. The molecule has 0 aromatic rings. The topological polar surface area (TPSA) is 58.4 Å². The van der Waals surface area contributed by atoms with Gasteiger partial charge in [-0.05, 0) is 51.5 Å². The molecule has 122 valence electrons. The molecule has 3 atom stereocenters. The van der Waals surface area contributed by atoms with E-state index < -0.39 is 0 Å². The molecule has 3 unspecified atom stereocenters. The third-order valence-corrected chi connectivity index (χ3v) is 5.30. The van der Waals surface area contributed by atoms with Gasteiger partial charge in [-0.15, -0.1) is 0 Å². The average molecular weight is 295 g/mol. The van der Waals surface area contributed by atoms with Crippen molar-refractivity contribution >= 4 is 5.91 Å². The van der Waals surface area contributed by atoms with Crippen LogP contribution < -0.4 is 11.1 Å². The highest BCUT2D eigenvalue weighted by molar-refractivity contribution is 5.76. The molecule has 1 amide bonds. The number of likely N-dealkylation sites (tertiary alicyclic amines) is 1. The number of rotatable bonds is 6. The predicted octanol–water partition coefficient (Wildman–Crippen LogP) is 2.27. The van der Waals surface area contributed by atoms with Gasteiger partial charge in [-0.25, -0.2) is 0 Å². The van der Waals surface area contributed by atoms with Gasteiger partial charge in [0.05, 0.1) is 0 Å². The lowest BCUT2D eigenvalue weighted by Crippen LogP contribution is -2.40. The Morgan fingerprint density at radius 2 is 1.95 bits per heavy atom. The summed E-state index contributed by atoms with van der Waals surface area (Å²) in [4.78, 5) is 14.6. The number of piperidine rings is 1. The highest BCUT2D eigenvalue weighted by Gasteiger charge is 2.24.